The van der Waals surface area contributed by atoms with Gasteiger partial charge in [0.1, 0.15) is 6.10 Å². The normalized spacial score (nSPS) is 12.8. The Labute approximate surface area is 163 Å². The monoisotopic (exact) mass is 362 g/mol. The van der Waals surface area contributed by atoms with Crippen molar-refractivity contribution in [2.45, 2.75) is 77.2 Å². The maximum absolute atomic E-state index is 10.3. The van der Waals surface area contributed by atoms with E-state index in [9.17, 15) is 13.0 Å². The second-order valence-corrected chi connectivity index (χ2v) is 6.60. The van der Waals surface area contributed by atoms with Crippen LogP contribution < -0.4 is 29.6 Å². The zero-order valence-corrected chi connectivity index (χ0v) is 17.5. The summed E-state index contributed by atoms with van der Waals surface area (Å²) in [5, 5.41) is 8.98. The second kappa shape index (κ2) is 17.6. The predicted molar refractivity (Wildman–Crippen MR) is 84.3 cm³/mol. The summed E-state index contributed by atoms with van der Waals surface area (Å²) in [6, 6.07) is 0. The van der Waals surface area contributed by atoms with Crippen LogP contribution >= 0.6 is 0 Å². The number of rotatable bonds is 16. The third-order valence-corrected chi connectivity index (χ3v) is 3.88. The first kappa shape index (κ1) is 26.0. The fraction of sp³-hybridized carbons (Fsp3) is 1.00. The van der Waals surface area contributed by atoms with Crippen molar-refractivity contribution in [2.24, 2.45) is 0 Å². The molecule has 0 radical (unpaired) electrons. The van der Waals surface area contributed by atoms with Crippen LogP contribution in [0.3, 0.4) is 0 Å². The van der Waals surface area contributed by atoms with Gasteiger partial charge in [0.2, 0.25) is 10.4 Å². The molecule has 0 rings (SSSR count). The minimum absolute atomic E-state index is 0. The van der Waals surface area contributed by atoms with Gasteiger partial charge in [-0.15, -0.1) is 0 Å². The van der Waals surface area contributed by atoms with Crippen LogP contribution in [0, 0.1) is 0 Å². The molecule has 0 aromatic carbocycles. The third kappa shape index (κ3) is 20.7. The Balaban J connectivity index is 0. The Morgan fingerprint density at radius 3 is 1.87 bits per heavy atom. The molecule has 0 saturated heterocycles. The first-order chi connectivity index (χ1) is 10.5. The maximum Gasteiger partial charge on any atom is 1.00 e. The van der Waals surface area contributed by atoms with Gasteiger partial charge in [-0.25, -0.2) is 8.42 Å². The second-order valence-electron chi connectivity index (χ2n) is 5.55. The molecule has 0 heterocycles. The molecule has 0 aliphatic heterocycles. The van der Waals surface area contributed by atoms with E-state index in [1.807, 2.05) is 0 Å². The summed E-state index contributed by atoms with van der Waals surface area (Å²) in [5.41, 5.74) is 0. The van der Waals surface area contributed by atoms with E-state index in [1.54, 1.807) is 0 Å². The van der Waals surface area contributed by atoms with Gasteiger partial charge in [-0.1, -0.05) is 64.7 Å². The molecular weight excluding hydrogens is 331 g/mol. The maximum atomic E-state index is 10.3. The van der Waals surface area contributed by atoms with Gasteiger partial charge in [0.25, 0.3) is 0 Å². The van der Waals surface area contributed by atoms with Gasteiger partial charge in [0.05, 0.1) is 13.2 Å². The molecule has 0 bridgehead atoms. The van der Waals surface area contributed by atoms with Crippen molar-refractivity contribution in [3.8, 4) is 0 Å². The molecule has 0 aromatic heterocycles. The fourth-order valence-electron chi connectivity index (χ4n) is 2.15. The summed E-state index contributed by atoms with van der Waals surface area (Å²) >= 11 is 0. The average molecular weight is 362 g/mol. The molecule has 0 aliphatic carbocycles. The number of hydrogen-bond acceptors (Lipinski definition) is 6. The topological polar surface area (TPSA) is 95.9 Å². The Kier molecular flexibility index (Phi) is 19.9. The largest absolute Gasteiger partial charge is 1.00 e. The number of aliphatic hydroxyl groups is 1. The molecule has 1 unspecified atom stereocenters. The van der Waals surface area contributed by atoms with Crippen molar-refractivity contribution in [3.05, 3.63) is 0 Å². The minimum atomic E-state index is -4.72. The molecule has 0 amide bonds. The van der Waals surface area contributed by atoms with Gasteiger partial charge < -0.3 is 14.4 Å². The third-order valence-electron chi connectivity index (χ3n) is 3.45. The van der Waals surface area contributed by atoms with Gasteiger partial charge in [0.15, 0.2) is 0 Å². The Bertz CT molecular complexity index is 337. The van der Waals surface area contributed by atoms with Crippen LogP contribution in [0.5, 0.6) is 0 Å². The summed E-state index contributed by atoms with van der Waals surface area (Å²) < 4.78 is 40.2. The zero-order valence-electron chi connectivity index (χ0n) is 14.7. The van der Waals surface area contributed by atoms with Gasteiger partial charge in [0, 0.05) is 6.61 Å². The van der Waals surface area contributed by atoms with Crippen LogP contribution in [0.2, 0.25) is 0 Å². The van der Waals surface area contributed by atoms with Crippen molar-refractivity contribution in [2.75, 3.05) is 19.8 Å². The fourth-order valence-corrected chi connectivity index (χ4v) is 2.47. The first-order valence-electron chi connectivity index (χ1n) is 8.32. The van der Waals surface area contributed by atoms with Crippen molar-refractivity contribution < 1.29 is 56.6 Å². The Morgan fingerprint density at radius 1 is 0.957 bits per heavy atom. The summed E-state index contributed by atoms with van der Waals surface area (Å²) in [7, 11) is -4.72. The molecule has 0 aromatic rings. The summed E-state index contributed by atoms with van der Waals surface area (Å²) in [6.45, 7) is 1.85. The molecule has 0 fully saturated rings. The summed E-state index contributed by atoms with van der Waals surface area (Å²) in [6.07, 6.45) is 11.4. The van der Waals surface area contributed by atoms with Crippen LogP contribution in [0.4, 0.5) is 0 Å². The summed E-state index contributed by atoms with van der Waals surface area (Å²) in [4.78, 5) is 0. The van der Waals surface area contributed by atoms with Crippen molar-refractivity contribution in [3.63, 3.8) is 0 Å². The predicted octanol–water partition coefficient (Wildman–Crippen LogP) is -0.234. The number of hydrogen-bond donors (Lipinski definition) is 1. The Hall–Kier alpha value is 0.790. The molecule has 23 heavy (non-hydrogen) atoms. The number of unbranched alkanes of at least 4 members (excludes halogenated alkanes) is 9. The van der Waals surface area contributed by atoms with E-state index in [4.69, 9.17) is 9.84 Å². The van der Waals surface area contributed by atoms with Gasteiger partial charge in [-0.05, 0) is 6.42 Å². The van der Waals surface area contributed by atoms with E-state index in [2.05, 4.69) is 11.1 Å². The molecule has 8 heteroatoms. The molecule has 0 aliphatic rings. The van der Waals surface area contributed by atoms with E-state index in [0.29, 0.717) is 6.61 Å². The SMILES string of the molecule is CCCCCCCCCCCCOC(CO)COS(=O)(=O)[O-].[Na+]. The number of ether oxygens (including phenoxy) is 1. The van der Waals surface area contributed by atoms with Crippen molar-refractivity contribution >= 4 is 10.4 Å². The van der Waals surface area contributed by atoms with Gasteiger partial charge >= 0.3 is 29.6 Å². The average Bonchev–Trinajstić information content (AvgIpc) is 2.46. The van der Waals surface area contributed by atoms with E-state index in [0.717, 1.165) is 19.3 Å². The van der Waals surface area contributed by atoms with Crippen LogP contribution in [0.25, 0.3) is 0 Å². The zero-order chi connectivity index (χ0) is 16.7. The van der Waals surface area contributed by atoms with Gasteiger partial charge in [-0.3, -0.25) is 4.18 Å². The molecule has 0 saturated carbocycles. The quantitative estimate of drug-likeness (QED) is 0.176. The molecule has 0 spiro atoms. The molecular formula is C15H31NaO6S. The number of aliphatic hydroxyl groups excluding tert-OH is 1. The van der Waals surface area contributed by atoms with Crippen LogP contribution in [0.1, 0.15) is 71.1 Å². The minimum Gasteiger partial charge on any atom is -0.726 e. The van der Waals surface area contributed by atoms with Gasteiger partial charge in [-0.2, -0.15) is 0 Å². The standard InChI is InChI=1S/C15H32O6S.Na/c1-2-3-4-5-6-7-8-9-10-11-12-20-15(13-16)14-21-22(17,18)19;/h15-16H,2-14H2,1H3,(H,17,18,19);/q;+1/p-1. The smallest absolute Gasteiger partial charge is 0.726 e. The van der Waals surface area contributed by atoms with E-state index in [1.165, 1.54) is 44.9 Å². The molecule has 6 nitrogen and oxygen atoms in total. The van der Waals surface area contributed by atoms with E-state index in [-0.39, 0.29) is 36.2 Å². The first-order valence-corrected chi connectivity index (χ1v) is 9.65. The van der Waals surface area contributed by atoms with E-state index >= 15 is 0 Å². The van der Waals surface area contributed by atoms with Crippen molar-refractivity contribution in [1.29, 1.82) is 0 Å². The van der Waals surface area contributed by atoms with Crippen LogP contribution in [0.15, 0.2) is 0 Å². The summed E-state index contributed by atoms with van der Waals surface area (Å²) in [5.74, 6) is 0. The molecule has 1 atom stereocenters. The van der Waals surface area contributed by atoms with Crippen LogP contribution in [-0.2, 0) is 19.3 Å². The molecule has 1 N–H and O–H groups in total. The van der Waals surface area contributed by atoms with Crippen LogP contribution in [-0.4, -0.2) is 44.0 Å². The molecule has 134 valence electrons. The Morgan fingerprint density at radius 2 is 1.43 bits per heavy atom. The van der Waals surface area contributed by atoms with Crippen molar-refractivity contribution in [1.82, 2.24) is 0 Å². The van der Waals surface area contributed by atoms with E-state index < -0.39 is 23.1 Å².